The third-order valence-electron chi connectivity index (χ3n) is 9.22. The van der Waals surface area contributed by atoms with Gasteiger partial charge >= 0.3 is 26.9 Å². The lowest BCUT2D eigenvalue weighted by atomic mass is 10.1. The van der Waals surface area contributed by atoms with Crippen LogP contribution in [0.4, 0.5) is 61.5 Å². The van der Waals surface area contributed by atoms with E-state index in [1.165, 1.54) is 62.6 Å². The second-order valence-electron chi connectivity index (χ2n) is 15.5. The third-order valence-corrected chi connectivity index (χ3v) is 20.9. The molecule has 12 nitrogen and oxygen atoms in total. The molecule has 32 heteroatoms. The van der Waals surface area contributed by atoms with E-state index < -0.39 is 91.7 Å². The predicted octanol–water partition coefficient (Wildman–Crippen LogP) is 9.71. The van der Waals surface area contributed by atoms with Crippen molar-refractivity contribution in [2.45, 2.75) is 129 Å². The van der Waals surface area contributed by atoms with Crippen LogP contribution in [-0.4, -0.2) is 106 Å². The van der Waals surface area contributed by atoms with Crippen molar-refractivity contribution < 1.29 is 105 Å². The van der Waals surface area contributed by atoms with E-state index in [0.29, 0.717) is 33.3 Å². The average Bonchev–Trinajstić information content (AvgIpc) is 3.86. The Bertz CT molecular complexity index is 2330. The number of phenolic OH excluding ortho intramolecular Hbond substituents is 2. The third kappa shape index (κ3) is 14.3. The van der Waals surface area contributed by atoms with Crippen LogP contribution in [0.1, 0.15) is 74.6 Å². The zero-order valence-electron chi connectivity index (χ0n) is 35.7. The molecule has 0 aliphatic carbocycles. The molecule has 5 rings (SSSR count). The van der Waals surface area contributed by atoms with Crippen LogP contribution >= 0.6 is 0 Å². The second kappa shape index (κ2) is 20.7. The average molecular weight is 1110 g/mol. The monoisotopic (exact) mass is 1110 g/mol. The molecule has 0 saturated carbocycles. The van der Waals surface area contributed by atoms with Gasteiger partial charge in [-0.15, -0.1) is 0 Å². The van der Waals surface area contributed by atoms with Crippen LogP contribution in [0.15, 0.2) is 34.1 Å². The molecule has 2 N–H and O–H groups in total. The molecule has 3 fully saturated rings. The molecule has 67 heavy (non-hydrogen) atoms. The summed E-state index contributed by atoms with van der Waals surface area (Å²) in [6, 6.07) is 8.65. The van der Waals surface area contributed by atoms with Crippen molar-refractivity contribution in [2.24, 2.45) is 0 Å². The molecule has 3 heterocycles. The van der Waals surface area contributed by atoms with Crippen LogP contribution in [0.3, 0.4) is 0 Å². The van der Waals surface area contributed by atoms with Gasteiger partial charge in [0.15, 0.2) is 29.8 Å². The standard InChI is InChI=1S/2C12H16OS.C8H10F8NO4S2.C3F6NO4S2/c2*1-9-7-11(8-10(2)12(9)13)14-5-3-4-6-14;1-5(9,10)3-7(13,14)22(18,19)17-23(20,21)8(15,16)4-6(2,11)12;4-1(5)2(6,7)15(11,12)10-16(13,14)3(1,8)9/h2*7-8H,3-6H2,1-2H3;3-4H2,1-2H3;/q;;2*-1/p+2. The topological polar surface area (TPSA) is 205 Å². The Morgan fingerprint density at radius 1 is 0.567 bits per heavy atom. The van der Waals surface area contributed by atoms with Gasteiger partial charge in [0.05, 0.1) is 12.8 Å². The summed E-state index contributed by atoms with van der Waals surface area (Å²) in [6.07, 6.45) is 0.0298. The molecular formula is C35H44F14N2O10S6. The Morgan fingerprint density at radius 3 is 1.03 bits per heavy atom. The van der Waals surface area contributed by atoms with E-state index in [-0.39, 0.29) is 13.8 Å². The molecule has 0 radical (unpaired) electrons. The molecular weight excluding hydrogens is 1070 g/mol. The van der Waals surface area contributed by atoms with Crippen molar-refractivity contribution in [2.75, 3.05) is 23.0 Å². The Kier molecular flexibility index (Phi) is 18.7. The van der Waals surface area contributed by atoms with Gasteiger partial charge < -0.3 is 18.5 Å². The molecule has 2 aromatic carbocycles. The van der Waals surface area contributed by atoms with Gasteiger partial charge in [-0.1, -0.05) is 0 Å². The molecule has 0 spiro atoms. The first-order valence-corrected chi connectivity index (χ1v) is 27.6. The number of sulfonamides is 4. The number of phenols is 2. The maximum Gasteiger partial charge on any atom is 0.399 e. The minimum absolute atomic E-state index is 0.142. The molecule has 0 amide bonds. The summed E-state index contributed by atoms with van der Waals surface area (Å²) in [5.74, 6) is -8.88. The summed E-state index contributed by atoms with van der Waals surface area (Å²) in [4.78, 5) is 2.91. The van der Waals surface area contributed by atoms with Crippen LogP contribution in [0.2, 0.25) is 0 Å². The van der Waals surface area contributed by atoms with Crippen molar-refractivity contribution in [1.29, 1.82) is 0 Å². The number of halogens is 14. The highest BCUT2D eigenvalue weighted by Gasteiger charge is 2.81. The molecule has 0 aromatic heterocycles. The normalized spacial score (nSPS) is 20.7. The fourth-order valence-electron chi connectivity index (χ4n) is 5.81. The first kappa shape index (κ1) is 60.6. The van der Waals surface area contributed by atoms with Crippen molar-refractivity contribution >= 4 is 61.9 Å². The maximum atomic E-state index is 13.1. The Labute approximate surface area is 383 Å². The van der Waals surface area contributed by atoms with Crippen molar-refractivity contribution in [3.8, 4) is 11.5 Å². The van der Waals surface area contributed by atoms with E-state index in [1.54, 1.807) is 0 Å². The minimum atomic E-state index is -6.69. The fraction of sp³-hybridized carbons (Fsp3) is 0.657. The Hall–Kier alpha value is -2.52. The largest absolute Gasteiger partial charge is 0.507 e. The number of alkyl halides is 14. The summed E-state index contributed by atoms with van der Waals surface area (Å²) in [5, 5.41) is -4.26. The van der Waals surface area contributed by atoms with E-state index in [0.717, 1.165) is 26.4 Å². The van der Waals surface area contributed by atoms with E-state index in [1.807, 2.05) is 27.7 Å². The molecule has 0 bridgehead atoms. The van der Waals surface area contributed by atoms with Crippen LogP contribution in [0, 0.1) is 27.7 Å². The smallest absolute Gasteiger partial charge is 0.399 e. The van der Waals surface area contributed by atoms with Gasteiger partial charge in [-0.25, -0.2) is 51.2 Å². The first-order chi connectivity index (χ1) is 29.7. The quantitative estimate of drug-likeness (QED) is 0.170. The number of benzene rings is 2. The first-order valence-electron chi connectivity index (χ1n) is 18.8. The summed E-state index contributed by atoms with van der Waals surface area (Å²) in [6.45, 7) is 7.68. The van der Waals surface area contributed by atoms with Crippen LogP contribution in [0.5, 0.6) is 11.5 Å². The predicted molar refractivity (Wildman–Crippen MR) is 222 cm³/mol. The number of hydrogen-bond acceptors (Lipinski definition) is 10. The maximum absolute atomic E-state index is 13.1. The fourth-order valence-corrected chi connectivity index (χ4v) is 16.3. The zero-order chi connectivity index (χ0) is 52.6. The van der Waals surface area contributed by atoms with E-state index >= 15 is 0 Å². The van der Waals surface area contributed by atoms with Crippen LogP contribution in [0.25, 0.3) is 8.25 Å². The van der Waals surface area contributed by atoms with Crippen molar-refractivity contribution in [3.63, 3.8) is 0 Å². The lowest BCUT2D eigenvalue weighted by Gasteiger charge is -2.42. The molecule has 388 valence electrons. The van der Waals surface area contributed by atoms with E-state index in [9.17, 15) is 105 Å². The Balaban J connectivity index is 0.000000313. The lowest BCUT2D eigenvalue weighted by molar-refractivity contribution is -0.244. The van der Waals surface area contributed by atoms with E-state index in [4.69, 9.17) is 0 Å². The molecule has 3 aliphatic rings. The van der Waals surface area contributed by atoms with Gasteiger partial charge in [0.25, 0.3) is 11.8 Å². The van der Waals surface area contributed by atoms with Gasteiger partial charge in [-0.05, 0) is 114 Å². The van der Waals surface area contributed by atoms with Crippen molar-refractivity contribution in [3.05, 3.63) is 54.8 Å². The van der Waals surface area contributed by atoms with Gasteiger partial charge in [0.1, 0.15) is 54.6 Å². The van der Waals surface area contributed by atoms with Gasteiger partial charge in [0, 0.05) is 21.8 Å². The number of aryl methyl sites for hydroxylation is 4. The van der Waals surface area contributed by atoms with Crippen molar-refractivity contribution in [1.82, 2.24) is 0 Å². The van der Waals surface area contributed by atoms with Crippen LogP contribution in [-0.2, 0) is 61.9 Å². The molecule has 0 atom stereocenters. The minimum Gasteiger partial charge on any atom is -0.507 e. The lowest BCUT2D eigenvalue weighted by Crippen LogP contribution is -2.64. The molecule has 3 saturated heterocycles. The van der Waals surface area contributed by atoms with Gasteiger partial charge in [-0.2, -0.15) is 43.9 Å². The summed E-state index contributed by atoms with van der Waals surface area (Å²) in [5.41, 5.74) is 4.11. The number of hydrogen-bond donors (Lipinski definition) is 2. The number of rotatable bonds is 10. The highest BCUT2D eigenvalue weighted by atomic mass is 32.3. The summed E-state index contributed by atoms with van der Waals surface area (Å²) < 4.78 is 265. The summed E-state index contributed by atoms with van der Waals surface area (Å²) in [7, 11) is -25.6. The highest BCUT2D eigenvalue weighted by molar-refractivity contribution is 8.14. The zero-order valence-corrected chi connectivity index (χ0v) is 40.6. The van der Waals surface area contributed by atoms with Crippen LogP contribution < -0.4 is 0 Å². The van der Waals surface area contributed by atoms with E-state index in [2.05, 4.69) is 24.3 Å². The highest BCUT2D eigenvalue weighted by Crippen LogP contribution is 2.58. The van der Waals surface area contributed by atoms with Gasteiger partial charge in [-0.3, -0.25) is 0 Å². The molecule has 0 unspecified atom stereocenters. The second-order valence-corrected chi connectivity index (χ2v) is 27.2. The number of nitrogens with zero attached hydrogens (tertiary/aromatic N) is 2. The summed E-state index contributed by atoms with van der Waals surface area (Å²) >= 11 is 0. The SMILES string of the molecule is CC(F)(F)CC(F)(F)S(=O)(=O)[N-]S(=O)(=O)C(F)(F)CC(C)(F)F.Cc1cc([S+]2CCCC2)cc(C)c1O.Cc1cc([S+]2CCCC2)cc(C)c1O.O=S1(=O)[N-]S(=O)(=O)C(F)(F)C(F)(F)C1(F)F. The molecule has 2 aromatic rings. The molecule has 3 aliphatic heterocycles. The Morgan fingerprint density at radius 2 is 0.806 bits per heavy atom. The number of aromatic hydroxyl groups is 2. The van der Waals surface area contributed by atoms with Gasteiger partial charge in [0.2, 0.25) is 0 Å².